The van der Waals surface area contributed by atoms with Crippen LogP contribution in [0.5, 0.6) is 5.75 Å². The summed E-state index contributed by atoms with van der Waals surface area (Å²) in [6.07, 6.45) is 0. The van der Waals surface area contributed by atoms with Gasteiger partial charge in [0.1, 0.15) is 11.5 Å². The van der Waals surface area contributed by atoms with E-state index in [0.29, 0.717) is 28.9 Å². The smallest absolute Gasteiger partial charge is 0.295 e. The molecule has 1 fully saturated rings. The Kier molecular flexibility index (Phi) is 6.32. The Hall–Kier alpha value is -3.10. The third-order valence-corrected chi connectivity index (χ3v) is 6.59. The molecule has 2 heterocycles. The highest BCUT2D eigenvalue weighted by Crippen LogP contribution is 2.43. The van der Waals surface area contributed by atoms with Crippen molar-refractivity contribution in [2.75, 3.05) is 34.3 Å². The van der Waals surface area contributed by atoms with E-state index >= 15 is 0 Å². The number of aliphatic hydroxyl groups excluding tert-OH is 1. The van der Waals surface area contributed by atoms with Crippen molar-refractivity contribution >= 4 is 44.3 Å². The number of aromatic amines is 1. The minimum atomic E-state index is -0.707. The minimum absolute atomic E-state index is 0.0867. The maximum absolute atomic E-state index is 13.3. The first-order valence-corrected chi connectivity index (χ1v) is 11.4. The van der Waals surface area contributed by atoms with Crippen LogP contribution in [0, 0.1) is 6.92 Å². The van der Waals surface area contributed by atoms with Crippen molar-refractivity contribution in [2.24, 2.45) is 0 Å². The Labute approximate surface area is 200 Å². The number of nitrogens with one attached hydrogen (secondary N) is 1. The largest absolute Gasteiger partial charge is 0.507 e. The molecule has 4 rings (SSSR count). The number of methoxy groups -OCH3 is 1. The first-order chi connectivity index (χ1) is 15.7. The number of carbonyl (C=O) groups is 2. The van der Waals surface area contributed by atoms with Crippen LogP contribution < -0.4 is 4.74 Å². The van der Waals surface area contributed by atoms with Crippen LogP contribution in [0.25, 0.3) is 16.7 Å². The van der Waals surface area contributed by atoms with E-state index in [2.05, 4.69) is 20.9 Å². The molecule has 33 heavy (non-hydrogen) atoms. The first-order valence-electron chi connectivity index (χ1n) is 10.6. The molecule has 1 aromatic heterocycles. The number of nitrogens with zero attached hydrogens (tertiary/aromatic N) is 2. The van der Waals surface area contributed by atoms with Gasteiger partial charge >= 0.3 is 0 Å². The van der Waals surface area contributed by atoms with Gasteiger partial charge in [-0.15, -0.1) is 0 Å². The van der Waals surface area contributed by atoms with Crippen molar-refractivity contribution in [2.45, 2.75) is 13.0 Å². The number of ether oxygens (including phenoxy) is 1. The number of aliphatic hydroxyl groups is 1. The van der Waals surface area contributed by atoms with E-state index in [-0.39, 0.29) is 11.3 Å². The lowest BCUT2D eigenvalue weighted by atomic mass is 9.93. The molecular weight excluding hydrogens is 486 g/mol. The number of likely N-dealkylation sites (tertiary alicyclic amines) is 1. The van der Waals surface area contributed by atoms with Gasteiger partial charge in [0, 0.05) is 40.8 Å². The number of para-hydroxylation sites is 1. The summed E-state index contributed by atoms with van der Waals surface area (Å²) < 4.78 is 5.91. The van der Waals surface area contributed by atoms with Crippen LogP contribution in [0.3, 0.4) is 0 Å². The van der Waals surface area contributed by atoms with Crippen LogP contribution in [-0.2, 0) is 9.59 Å². The second-order valence-electron chi connectivity index (χ2n) is 8.35. The fraction of sp³-hybridized carbons (Fsp3) is 0.280. The molecule has 2 N–H and O–H groups in total. The van der Waals surface area contributed by atoms with Crippen molar-refractivity contribution in [3.63, 3.8) is 0 Å². The van der Waals surface area contributed by atoms with Gasteiger partial charge in [0.2, 0.25) is 0 Å². The van der Waals surface area contributed by atoms with Gasteiger partial charge in [0.15, 0.2) is 0 Å². The van der Waals surface area contributed by atoms with Crippen molar-refractivity contribution in [1.29, 1.82) is 0 Å². The highest BCUT2D eigenvalue weighted by molar-refractivity contribution is 9.10. The van der Waals surface area contributed by atoms with E-state index in [9.17, 15) is 14.7 Å². The number of amides is 1. The minimum Gasteiger partial charge on any atom is -0.507 e. The predicted molar refractivity (Wildman–Crippen MR) is 131 cm³/mol. The number of hydrogen-bond acceptors (Lipinski definition) is 5. The summed E-state index contributed by atoms with van der Waals surface area (Å²) in [5.74, 6) is -0.908. The topological polar surface area (TPSA) is 85.9 Å². The molecular formula is C25H26BrN3O4. The molecule has 0 radical (unpaired) electrons. The van der Waals surface area contributed by atoms with Gasteiger partial charge in [-0.05, 0) is 61.2 Å². The van der Waals surface area contributed by atoms with Gasteiger partial charge < -0.3 is 24.6 Å². The molecule has 2 aromatic carbocycles. The van der Waals surface area contributed by atoms with E-state index in [1.165, 1.54) is 0 Å². The van der Waals surface area contributed by atoms with Crippen LogP contribution in [-0.4, -0.2) is 65.9 Å². The maximum Gasteiger partial charge on any atom is 0.295 e. The third kappa shape index (κ3) is 4.05. The molecule has 0 aliphatic carbocycles. The summed E-state index contributed by atoms with van der Waals surface area (Å²) >= 11 is 3.43. The highest BCUT2D eigenvalue weighted by Gasteiger charge is 2.47. The van der Waals surface area contributed by atoms with Crippen molar-refractivity contribution in [3.8, 4) is 5.75 Å². The summed E-state index contributed by atoms with van der Waals surface area (Å²) in [6.45, 7) is 2.86. The van der Waals surface area contributed by atoms with Crippen molar-refractivity contribution in [1.82, 2.24) is 14.8 Å². The van der Waals surface area contributed by atoms with Gasteiger partial charge in [0.25, 0.3) is 11.7 Å². The lowest BCUT2D eigenvalue weighted by Gasteiger charge is -2.27. The molecule has 1 unspecified atom stereocenters. The Morgan fingerprint density at radius 2 is 1.94 bits per heavy atom. The lowest BCUT2D eigenvalue weighted by Crippen LogP contribution is -2.35. The number of likely N-dealkylation sites (N-methyl/N-ethyl adjacent to an activating group) is 1. The summed E-state index contributed by atoms with van der Waals surface area (Å²) in [4.78, 5) is 33.3. The van der Waals surface area contributed by atoms with Crippen molar-refractivity contribution in [3.05, 3.63) is 69.3 Å². The average molecular weight is 512 g/mol. The highest BCUT2D eigenvalue weighted by atomic mass is 79.9. The number of ketones is 1. The van der Waals surface area contributed by atoms with Gasteiger partial charge in [-0.3, -0.25) is 9.59 Å². The Morgan fingerprint density at radius 1 is 1.21 bits per heavy atom. The number of benzene rings is 2. The first kappa shape index (κ1) is 23.1. The summed E-state index contributed by atoms with van der Waals surface area (Å²) in [5, 5.41) is 12.2. The Bertz CT molecular complexity index is 1280. The number of aromatic nitrogens is 1. The quantitative estimate of drug-likeness (QED) is 0.293. The molecule has 172 valence electrons. The SMILES string of the molecule is COc1ccc(/C(O)=C2\C(=O)C(=O)N(CCN(C)C)C2c2c(C)[nH]c3ccccc23)cc1Br. The van der Waals surface area contributed by atoms with E-state index in [1.807, 2.05) is 50.2 Å². The molecule has 7 nitrogen and oxygen atoms in total. The standard InChI is InChI=1S/C25H26BrN3O4/c1-14-20(16-7-5-6-8-18(16)27-14)22-21(24(31)25(32)29(22)12-11-28(2)3)23(30)15-9-10-19(33-4)17(26)13-15/h5-10,13,22,27,30H,11-12H2,1-4H3/b23-21+. The number of carbonyl (C=O) groups excluding carboxylic acids is 2. The molecule has 0 saturated carbocycles. The lowest BCUT2D eigenvalue weighted by molar-refractivity contribution is -0.140. The Balaban J connectivity index is 1.94. The van der Waals surface area contributed by atoms with E-state index in [0.717, 1.165) is 22.2 Å². The molecule has 1 saturated heterocycles. The number of fused-ring (bicyclic) bond motifs is 1. The fourth-order valence-corrected chi connectivity index (χ4v) is 4.88. The predicted octanol–water partition coefficient (Wildman–Crippen LogP) is 4.23. The molecule has 1 aliphatic rings. The van der Waals surface area contributed by atoms with Gasteiger partial charge in [-0.2, -0.15) is 0 Å². The number of aryl methyl sites for hydroxylation is 1. The van der Waals surface area contributed by atoms with E-state index in [1.54, 1.807) is 30.2 Å². The van der Waals surface area contributed by atoms with Crippen molar-refractivity contribution < 1.29 is 19.4 Å². The molecule has 1 aliphatic heterocycles. The molecule has 8 heteroatoms. The normalized spacial score (nSPS) is 18.0. The number of Topliss-reactive ketones (excluding diaryl/α,β-unsaturated/α-hetero) is 1. The monoisotopic (exact) mass is 511 g/mol. The van der Waals surface area contributed by atoms with Crippen LogP contribution >= 0.6 is 15.9 Å². The van der Waals surface area contributed by atoms with Crippen LogP contribution in [0.15, 0.2) is 52.5 Å². The van der Waals surface area contributed by atoms with Gasteiger partial charge in [-0.25, -0.2) is 0 Å². The zero-order valence-electron chi connectivity index (χ0n) is 19.0. The molecule has 1 amide bonds. The molecule has 0 spiro atoms. The number of hydrogen-bond donors (Lipinski definition) is 2. The van der Waals surface area contributed by atoms with E-state index < -0.39 is 17.7 Å². The molecule has 0 bridgehead atoms. The maximum atomic E-state index is 13.3. The van der Waals surface area contributed by atoms with Crippen LogP contribution in [0.4, 0.5) is 0 Å². The van der Waals surface area contributed by atoms with Gasteiger partial charge in [0.05, 0.1) is 23.2 Å². The summed E-state index contributed by atoms with van der Waals surface area (Å²) in [7, 11) is 5.38. The number of halogens is 1. The Morgan fingerprint density at radius 3 is 2.61 bits per heavy atom. The van der Waals surface area contributed by atoms with Crippen LogP contribution in [0.1, 0.15) is 22.9 Å². The van der Waals surface area contributed by atoms with Crippen LogP contribution in [0.2, 0.25) is 0 Å². The second-order valence-corrected chi connectivity index (χ2v) is 9.21. The molecule has 3 aromatic rings. The fourth-order valence-electron chi connectivity index (χ4n) is 4.34. The number of rotatable bonds is 6. The van der Waals surface area contributed by atoms with Gasteiger partial charge in [-0.1, -0.05) is 18.2 Å². The molecule has 1 atom stereocenters. The third-order valence-electron chi connectivity index (χ3n) is 5.97. The zero-order chi connectivity index (χ0) is 23.9. The summed E-state index contributed by atoms with van der Waals surface area (Å²) in [6, 6.07) is 12.1. The van der Waals surface area contributed by atoms with E-state index in [4.69, 9.17) is 4.74 Å². The zero-order valence-corrected chi connectivity index (χ0v) is 20.6. The second kappa shape index (κ2) is 9.03. The average Bonchev–Trinajstić information content (AvgIpc) is 3.24. The summed E-state index contributed by atoms with van der Waals surface area (Å²) in [5.41, 5.74) is 3.09. The number of H-pyrrole nitrogens is 1.